The van der Waals surface area contributed by atoms with Crippen molar-refractivity contribution in [2.45, 2.75) is 39.7 Å². The van der Waals surface area contributed by atoms with E-state index in [9.17, 15) is 4.79 Å². The van der Waals surface area contributed by atoms with Gasteiger partial charge in [0, 0.05) is 5.41 Å². The first-order chi connectivity index (χ1) is 8.40. The molecule has 1 aliphatic rings. The molecule has 1 N–H and O–H groups in total. The normalized spacial score (nSPS) is 22.5. The molecular weight excluding hydrogens is 226 g/mol. The maximum Gasteiger partial charge on any atom is 0.407 e. The Morgan fingerprint density at radius 1 is 1.28 bits per heavy atom. The number of rotatable bonds is 2. The number of hydrogen-bond acceptors (Lipinski definition) is 2. The van der Waals surface area contributed by atoms with Crippen LogP contribution in [0.3, 0.4) is 0 Å². The highest BCUT2D eigenvalue weighted by Crippen LogP contribution is 2.36. The third-order valence-electron chi connectivity index (χ3n) is 3.56. The molecule has 2 rings (SSSR count). The maximum absolute atomic E-state index is 11.4. The molecule has 0 aliphatic carbocycles. The van der Waals surface area contributed by atoms with E-state index in [1.54, 1.807) is 0 Å². The van der Waals surface area contributed by atoms with Crippen LogP contribution in [0.2, 0.25) is 0 Å². The molecule has 1 fully saturated rings. The Morgan fingerprint density at radius 2 is 1.89 bits per heavy atom. The maximum atomic E-state index is 11.4. The number of ether oxygens (including phenoxy) is 1. The molecule has 3 heteroatoms. The number of hydrogen-bond donors (Lipinski definition) is 1. The number of amides is 1. The van der Waals surface area contributed by atoms with Crippen molar-refractivity contribution >= 4 is 6.09 Å². The van der Waals surface area contributed by atoms with Crippen molar-refractivity contribution in [1.29, 1.82) is 0 Å². The minimum Gasteiger partial charge on any atom is -0.449 e. The van der Waals surface area contributed by atoms with Gasteiger partial charge in [0.1, 0.15) is 6.61 Å². The van der Waals surface area contributed by atoms with Crippen LogP contribution in [-0.4, -0.2) is 12.7 Å². The molecule has 98 valence electrons. The van der Waals surface area contributed by atoms with E-state index >= 15 is 0 Å². The highest BCUT2D eigenvalue weighted by Gasteiger charge is 2.37. The van der Waals surface area contributed by atoms with Crippen molar-refractivity contribution in [2.75, 3.05) is 6.61 Å². The van der Waals surface area contributed by atoms with Gasteiger partial charge in [-0.15, -0.1) is 0 Å². The van der Waals surface area contributed by atoms with Gasteiger partial charge in [-0.3, -0.25) is 0 Å². The van der Waals surface area contributed by atoms with E-state index in [4.69, 9.17) is 4.74 Å². The summed E-state index contributed by atoms with van der Waals surface area (Å²) in [5.41, 5.74) is 2.36. The molecule has 1 heterocycles. The molecule has 0 unspecified atom stereocenters. The first-order valence-corrected chi connectivity index (χ1v) is 6.43. The molecule has 1 amide bonds. The quantitative estimate of drug-likeness (QED) is 0.866. The van der Waals surface area contributed by atoms with Crippen LogP contribution in [0, 0.1) is 5.41 Å². The first kappa shape index (κ1) is 12.9. The average molecular weight is 247 g/mol. The molecule has 0 radical (unpaired) electrons. The van der Waals surface area contributed by atoms with Crippen molar-refractivity contribution in [3.05, 3.63) is 35.4 Å². The van der Waals surface area contributed by atoms with Crippen molar-refractivity contribution in [1.82, 2.24) is 5.32 Å². The molecule has 1 aliphatic heterocycles. The van der Waals surface area contributed by atoms with Crippen molar-refractivity contribution in [3.63, 3.8) is 0 Å². The van der Waals surface area contributed by atoms with Gasteiger partial charge in [0.2, 0.25) is 0 Å². The number of nitrogens with one attached hydrogen (secondary N) is 1. The predicted octanol–water partition coefficient (Wildman–Crippen LogP) is 3.62. The molecule has 1 saturated heterocycles. The SMILES string of the molecule is CC(C)c1ccc([C@@H]2NC(=O)OCC2(C)C)cc1. The summed E-state index contributed by atoms with van der Waals surface area (Å²) in [7, 11) is 0. The summed E-state index contributed by atoms with van der Waals surface area (Å²) in [6.07, 6.45) is -0.327. The smallest absolute Gasteiger partial charge is 0.407 e. The van der Waals surface area contributed by atoms with Crippen LogP contribution in [0.1, 0.15) is 50.8 Å². The fraction of sp³-hybridized carbons (Fsp3) is 0.533. The first-order valence-electron chi connectivity index (χ1n) is 6.43. The van der Waals surface area contributed by atoms with Crippen LogP contribution in [-0.2, 0) is 4.74 Å². The molecule has 3 nitrogen and oxygen atoms in total. The van der Waals surface area contributed by atoms with Gasteiger partial charge in [-0.2, -0.15) is 0 Å². The molecule has 0 saturated carbocycles. The van der Waals surface area contributed by atoms with E-state index in [-0.39, 0.29) is 17.6 Å². The van der Waals surface area contributed by atoms with Crippen LogP contribution in [0.5, 0.6) is 0 Å². The summed E-state index contributed by atoms with van der Waals surface area (Å²) < 4.78 is 5.06. The number of alkyl carbamates (subject to hydrolysis) is 1. The second-order valence-electron chi connectivity index (χ2n) is 5.96. The summed E-state index contributed by atoms with van der Waals surface area (Å²) >= 11 is 0. The Morgan fingerprint density at radius 3 is 2.44 bits per heavy atom. The van der Waals surface area contributed by atoms with E-state index in [2.05, 4.69) is 57.3 Å². The molecule has 0 spiro atoms. The standard InChI is InChI=1S/C15H21NO2/c1-10(2)11-5-7-12(8-6-11)13-15(3,4)9-18-14(17)16-13/h5-8,10,13H,9H2,1-4H3,(H,16,17)/t13-/m0/s1. The Balaban J connectivity index is 2.26. The Kier molecular flexibility index (Phi) is 3.33. The minimum absolute atomic E-state index is 0.0139. The monoisotopic (exact) mass is 247 g/mol. The highest BCUT2D eigenvalue weighted by atomic mass is 16.6. The zero-order valence-corrected chi connectivity index (χ0v) is 11.5. The van der Waals surface area contributed by atoms with Crippen molar-refractivity contribution in [3.8, 4) is 0 Å². The molecule has 18 heavy (non-hydrogen) atoms. The number of benzene rings is 1. The molecule has 1 atom stereocenters. The van der Waals surface area contributed by atoms with Gasteiger partial charge in [-0.05, 0) is 17.0 Å². The second kappa shape index (κ2) is 4.63. The lowest BCUT2D eigenvalue weighted by Crippen LogP contribution is -2.46. The lowest BCUT2D eigenvalue weighted by atomic mass is 9.80. The van der Waals surface area contributed by atoms with Crippen molar-refractivity contribution in [2.24, 2.45) is 5.41 Å². The Labute approximate surface area is 109 Å². The zero-order chi connectivity index (χ0) is 13.3. The summed E-state index contributed by atoms with van der Waals surface area (Å²) in [5.74, 6) is 0.524. The number of carbonyl (C=O) groups excluding carboxylic acids is 1. The fourth-order valence-electron chi connectivity index (χ4n) is 2.30. The largest absolute Gasteiger partial charge is 0.449 e. The topological polar surface area (TPSA) is 38.3 Å². The summed E-state index contributed by atoms with van der Waals surface area (Å²) in [6, 6.07) is 8.50. The predicted molar refractivity (Wildman–Crippen MR) is 71.5 cm³/mol. The third-order valence-corrected chi connectivity index (χ3v) is 3.56. The molecule has 1 aromatic carbocycles. The summed E-state index contributed by atoms with van der Waals surface area (Å²) in [6.45, 7) is 9.01. The van der Waals surface area contributed by atoms with Crippen molar-refractivity contribution < 1.29 is 9.53 Å². The minimum atomic E-state index is -0.327. The number of cyclic esters (lactones) is 1. The van der Waals surface area contributed by atoms with Gasteiger partial charge < -0.3 is 10.1 Å². The van der Waals surface area contributed by atoms with Gasteiger partial charge in [0.05, 0.1) is 6.04 Å². The molecule has 0 bridgehead atoms. The van der Waals surface area contributed by atoms with E-state index < -0.39 is 0 Å². The summed E-state index contributed by atoms with van der Waals surface area (Å²) in [4.78, 5) is 11.4. The molecule has 1 aromatic rings. The highest BCUT2D eigenvalue weighted by molar-refractivity contribution is 5.69. The van der Waals surface area contributed by atoms with Crippen LogP contribution in [0.25, 0.3) is 0 Å². The number of carbonyl (C=O) groups is 1. The zero-order valence-electron chi connectivity index (χ0n) is 11.5. The van der Waals surface area contributed by atoms with Crippen LogP contribution >= 0.6 is 0 Å². The lowest BCUT2D eigenvalue weighted by molar-refractivity contribution is 0.0387. The Hall–Kier alpha value is -1.51. The van der Waals surface area contributed by atoms with Crippen LogP contribution in [0.15, 0.2) is 24.3 Å². The third kappa shape index (κ3) is 2.50. The van der Waals surface area contributed by atoms with Gasteiger partial charge in [0.15, 0.2) is 0 Å². The van der Waals surface area contributed by atoms with Gasteiger partial charge in [-0.25, -0.2) is 4.79 Å². The van der Waals surface area contributed by atoms with Gasteiger partial charge in [0.25, 0.3) is 0 Å². The fourth-order valence-corrected chi connectivity index (χ4v) is 2.30. The van der Waals surface area contributed by atoms with Gasteiger partial charge >= 0.3 is 6.09 Å². The van der Waals surface area contributed by atoms with E-state index in [1.165, 1.54) is 5.56 Å². The molecular formula is C15H21NO2. The summed E-state index contributed by atoms with van der Waals surface area (Å²) in [5, 5.41) is 2.91. The van der Waals surface area contributed by atoms with E-state index in [0.717, 1.165) is 5.56 Å². The van der Waals surface area contributed by atoms with Gasteiger partial charge in [-0.1, -0.05) is 52.0 Å². The molecule has 0 aromatic heterocycles. The van der Waals surface area contributed by atoms with E-state index in [0.29, 0.717) is 12.5 Å². The van der Waals surface area contributed by atoms with Crippen LogP contribution in [0.4, 0.5) is 4.79 Å². The van der Waals surface area contributed by atoms with E-state index in [1.807, 2.05) is 0 Å². The lowest BCUT2D eigenvalue weighted by Gasteiger charge is -2.38. The second-order valence-corrected chi connectivity index (χ2v) is 5.96. The van der Waals surface area contributed by atoms with Crippen LogP contribution < -0.4 is 5.32 Å². The average Bonchev–Trinajstić information content (AvgIpc) is 2.32. The Bertz CT molecular complexity index is 434.